The normalized spacial score (nSPS) is 10.6. The van der Waals surface area contributed by atoms with Crippen LogP contribution in [0.5, 0.6) is 0 Å². The van der Waals surface area contributed by atoms with Gasteiger partial charge in [-0.1, -0.05) is 11.3 Å². The first-order chi connectivity index (χ1) is 10.0. The van der Waals surface area contributed by atoms with Gasteiger partial charge in [0.2, 0.25) is 0 Å². The number of fused-ring (bicyclic) bond motifs is 1. The van der Waals surface area contributed by atoms with Crippen molar-refractivity contribution in [2.24, 2.45) is 5.73 Å². The molecular weight excluding hydrogens is 290 g/mol. The summed E-state index contributed by atoms with van der Waals surface area (Å²) >= 11 is 1.09. The van der Waals surface area contributed by atoms with Crippen molar-refractivity contribution in [1.29, 1.82) is 5.26 Å². The maximum atomic E-state index is 11.4. The van der Waals surface area contributed by atoms with Crippen LogP contribution < -0.4 is 22.2 Å². The second-order valence-electron chi connectivity index (χ2n) is 4.29. The summed E-state index contributed by atoms with van der Waals surface area (Å²) in [6, 6.07) is 5.40. The van der Waals surface area contributed by atoms with E-state index in [1.807, 2.05) is 6.07 Å². The number of carbonyl (C=O) groups is 1. The quantitative estimate of drug-likeness (QED) is 0.648. The molecule has 3 rings (SSSR count). The molecular formula is C13H10N5O2S+. The standard InChI is InChI=1S/C13H9N5O2S/c14-4-5-7(6-2-1-3-20-6)8-9(15)10(12(17)19)21-13(8)18-11(5)16/h1-3H,15H2,(H2,16,18)(H2,17,19)/p+1. The Morgan fingerprint density at radius 3 is 2.76 bits per heavy atom. The van der Waals surface area contributed by atoms with Gasteiger partial charge >= 0.3 is 0 Å². The Balaban J connectivity index is 2.52. The van der Waals surface area contributed by atoms with Crippen LogP contribution in [0.2, 0.25) is 0 Å². The molecule has 0 unspecified atom stereocenters. The van der Waals surface area contributed by atoms with Crippen molar-refractivity contribution in [2.45, 2.75) is 0 Å². The summed E-state index contributed by atoms with van der Waals surface area (Å²) in [6.45, 7) is 0. The molecule has 1 amide bonds. The highest BCUT2D eigenvalue weighted by Gasteiger charge is 2.26. The van der Waals surface area contributed by atoms with Crippen LogP contribution in [0.4, 0.5) is 11.5 Å². The number of nitrogen functional groups attached to an aromatic ring is 2. The monoisotopic (exact) mass is 300 g/mol. The van der Waals surface area contributed by atoms with E-state index in [0.29, 0.717) is 21.5 Å². The molecule has 3 aromatic rings. The summed E-state index contributed by atoms with van der Waals surface area (Å²) in [5.41, 5.74) is 18.1. The van der Waals surface area contributed by atoms with Gasteiger partial charge in [-0.05, 0) is 12.1 Å². The van der Waals surface area contributed by atoms with Gasteiger partial charge in [0.25, 0.3) is 11.7 Å². The Kier molecular flexibility index (Phi) is 2.78. The third-order valence-electron chi connectivity index (χ3n) is 3.07. The predicted molar refractivity (Wildman–Crippen MR) is 78.1 cm³/mol. The number of carbonyl (C=O) groups excluding carboxylic acids is 1. The van der Waals surface area contributed by atoms with Gasteiger partial charge in [-0.2, -0.15) is 5.26 Å². The maximum Gasteiger partial charge on any atom is 0.290 e. The number of nitrogens with one attached hydrogen (secondary N) is 1. The largest absolute Gasteiger partial charge is 0.464 e. The first-order valence-electron chi connectivity index (χ1n) is 5.85. The predicted octanol–water partition coefficient (Wildman–Crippen LogP) is 1.11. The average Bonchev–Trinajstić information content (AvgIpc) is 3.06. The van der Waals surface area contributed by atoms with Crippen molar-refractivity contribution < 1.29 is 14.2 Å². The van der Waals surface area contributed by atoms with Crippen LogP contribution >= 0.6 is 11.3 Å². The van der Waals surface area contributed by atoms with E-state index in [9.17, 15) is 10.1 Å². The third-order valence-corrected chi connectivity index (χ3v) is 4.20. The number of hydrogen-bond donors (Lipinski definition) is 3. The molecule has 8 heteroatoms. The lowest BCUT2D eigenvalue weighted by molar-refractivity contribution is -0.323. The summed E-state index contributed by atoms with van der Waals surface area (Å²) in [6.07, 6.45) is 1.48. The first kappa shape index (κ1) is 13.0. The van der Waals surface area contributed by atoms with E-state index in [1.165, 1.54) is 6.26 Å². The molecule has 0 aliphatic rings. The Bertz CT molecular complexity index is 905. The van der Waals surface area contributed by atoms with Gasteiger partial charge in [0.05, 0.1) is 22.9 Å². The van der Waals surface area contributed by atoms with Crippen LogP contribution in [0.1, 0.15) is 15.2 Å². The molecule has 0 spiro atoms. The summed E-state index contributed by atoms with van der Waals surface area (Å²) in [5.74, 6) is -0.0176. The van der Waals surface area contributed by atoms with Gasteiger partial charge in [-0.15, -0.1) is 0 Å². The topological polar surface area (TPSA) is 146 Å². The molecule has 7 N–H and O–H groups in total. The smallest absolute Gasteiger partial charge is 0.290 e. The Morgan fingerprint density at radius 2 is 2.19 bits per heavy atom. The van der Waals surface area contributed by atoms with Crippen LogP contribution in [0.3, 0.4) is 0 Å². The zero-order chi connectivity index (χ0) is 15.1. The van der Waals surface area contributed by atoms with Crippen LogP contribution in [-0.2, 0) is 0 Å². The lowest BCUT2D eigenvalue weighted by Crippen LogP contribution is -2.13. The summed E-state index contributed by atoms with van der Waals surface area (Å²) in [4.78, 5) is 15.1. The van der Waals surface area contributed by atoms with E-state index in [1.54, 1.807) is 12.1 Å². The minimum atomic E-state index is -0.635. The molecule has 0 radical (unpaired) electrons. The fourth-order valence-electron chi connectivity index (χ4n) is 2.19. The maximum absolute atomic E-state index is 11.4. The number of furan rings is 1. The number of H-pyrrole nitrogens is 1. The van der Waals surface area contributed by atoms with Crippen molar-refractivity contribution >= 4 is 39.0 Å². The number of nitriles is 1. The molecule has 0 aliphatic heterocycles. The fraction of sp³-hybridized carbons (Fsp3) is 0. The average molecular weight is 300 g/mol. The lowest BCUT2D eigenvalue weighted by Gasteiger charge is -2.03. The lowest BCUT2D eigenvalue weighted by atomic mass is 10.0. The molecule has 7 nitrogen and oxygen atoms in total. The Hall–Kier alpha value is -3.05. The summed E-state index contributed by atoms with van der Waals surface area (Å²) in [5, 5.41) is 9.85. The number of hydrogen-bond acceptors (Lipinski definition) is 6. The molecule has 21 heavy (non-hydrogen) atoms. The van der Waals surface area contributed by atoms with E-state index < -0.39 is 5.91 Å². The number of amides is 1. The summed E-state index contributed by atoms with van der Waals surface area (Å²) in [7, 11) is 0. The molecule has 0 saturated carbocycles. The van der Waals surface area contributed by atoms with E-state index in [4.69, 9.17) is 21.6 Å². The number of aromatic amines is 1. The number of nitrogens with two attached hydrogens (primary N) is 3. The number of nitrogens with zero attached hydrogens (tertiary/aromatic N) is 1. The highest BCUT2D eigenvalue weighted by Crippen LogP contribution is 2.40. The van der Waals surface area contributed by atoms with Gasteiger partial charge in [-0.3, -0.25) is 10.5 Å². The number of thiophene rings is 1. The minimum absolute atomic E-state index is 0.175. The number of aromatic nitrogens is 1. The second kappa shape index (κ2) is 4.50. The summed E-state index contributed by atoms with van der Waals surface area (Å²) < 4.78 is 5.36. The van der Waals surface area contributed by atoms with Crippen LogP contribution in [0.15, 0.2) is 22.8 Å². The van der Waals surface area contributed by atoms with Crippen molar-refractivity contribution in [3.8, 4) is 17.4 Å². The number of pyridine rings is 1. The third kappa shape index (κ3) is 1.79. The van der Waals surface area contributed by atoms with Gasteiger partial charge in [0.15, 0.2) is 10.4 Å². The molecule has 0 atom stereocenters. The molecule has 0 fully saturated rings. The molecule has 0 bridgehead atoms. The second-order valence-corrected chi connectivity index (χ2v) is 5.31. The van der Waals surface area contributed by atoms with Gasteiger partial charge in [-0.25, -0.2) is 4.98 Å². The molecule has 0 aliphatic carbocycles. The van der Waals surface area contributed by atoms with Crippen LogP contribution in [0, 0.1) is 11.3 Å². The Morgan fingerprint density at radius 1 is 1.43 bits per heavy atom. The molecule has 3 heterocycles. The number of rotatable bonds is 2. The zero-order valence-electron chi connectivity index (χ0n) is 10.6. The molecule has 3 aromatic heterocycles. The van der Waals surface area contributed by atoms with Gasteiger partial charge in [0.1, 0.15) is 16.7 Å². The number of anilines is 2. The highest BCUT2D eigenvalue weighted by molar-refractivity contribution is 7.20. The number of primary amides is 1. The van der Waals surface area contributed by atoms with E-state index in [2.05, 4.69) is 4.98 Å². The Labute approximate surface area is 122 Å². The first-order valence-corrected chi connectivity index (χ1v) is 6.66. The molecule has 0 saturated heterocycles. The van der Waals surface area contributed by atoms with Crippen molar-refractivity contribution in [2.75, 3.05) is 11.5 Å². The molecule has 104 valence electrons. The van der Waals surface area contributed by atoms with E-state index in [0.717, 1.165) is 11.3 Å². The van der Waals surface area contributed by atoms with Gasteiger partial charge in [0, 0.05) is 0 Å². The van der Waals surface area contributed by atoms with Crippen LogP contribution in [-0.4, -0.2) is 5.91 Å². The van der Waals surface area contributed by atoms with Crippen molar-refractivity contribution in [3.05, 3.63) is 28.8 Å². The van der Waals surface area contributed by atoms with E-state index in [-0.39, 0.29) is 21.9 Å². The molecule has 0 aromatic carbocycles. The fourth-order valence-corrected chi connectivity index (χ4v) is 3.18. The van der Waals surface area contributed by atoms with Crippen molar-refractivity contribution in [1.82, 2.24) is 0 Å². The van der Waals surface area contributed by atoms with Crippen molar-refractivity contribution in [3.63, 3.8) is 0 Å². The zero-order valence-corrected chi connectivity index (χ0v) is 11.5. The minimum Gasteiger partial charge on any atom is -0.464 e. The highest BCUT2D eigenvalue weighted by atomic mass is 32.1. The van der Waals surface area contributed by atoms with E-state index >= 15 is 0 Å². The SMILES string of the molecule is N#Cc1c(N)[nH+]c2sc(C(N)=O)c(N)c2c1-c1ccco1. The van der Waals surface area contributed by atoms with Crippen LogP contribution in [0.25, 0.3) is 21.5 Å². The van der Waals surface area contributed by atoms with Gasteiger partial charge < -0.3 is 15.9 Å².